The van der Waals surface area contributed by atoms with Gasteiger partial charge in [0.15, 0.2) is 0 Å². The van der Waals surface area contributed by atoms with E-state index in [4.69, 9.17) is 5.11 Å². The molecule has 1 unspecified atom stereocenters. The minimum absolute atomic E-state index is 0.395. The van der Waals surface area contributed by atoms with Crippen molar-refractivity contribution in [2.45, 2.75) is 30.5 Å². The van der Waals surface area contributed by atoms with Crippen LogP contribution in [-0.4, -0.2) is 15.9 Å². The molecule has 0 fully saturated rings. The molecule has 0 spiro atoms. The van der Waals surface area contributed by atoms with Crippen LogP contribution in [0.5, 0.6) is 0 Å². The lowest BCUT2D eigenvalue weighted by molar-refractivity contribution is -0.136. The molecule has 0 aliphatic carbocycles. The number of aliphatic carboxylic acids is 1. The molecule has 3 heteroatoms. The lowest BCUT2D eigenvalue weighted by Crippen LogP contribution is -2.12. The zero-order chi connectivity index (χ0) is 11.1. The third-order valence-corrected chi connectivity index (χ3v) is 3.13. The molecule has 0 radical (unpaired) electrons. The van der Waals surface area contributed by atoms with Gasteiger partial charge in [-0.25, -0.2) is 0 Å². The van der Waals surface area contributed by atoms with E-state index in [1.807, 2.05) is 18.2 Å². The summed E-state index contributed by atoms with van der Waals surface area (Å²) >= 11 is 3.13. The van der Waals surface area contributed by atoms with Crippen LogP contribution in [0.3, 0.4) is 0 Å². The Morgan fingerprint density at radius 3 is 2.53 bits per heavy atom. The van der Waals surface area contributed by atoms with Crippen molar-refractivity contribution in [1.29, 1.82) is 0 Å². The fourth-order valence-electron chi connectivity index (χ4n) is 1.42. The number of hydrogen-bond acceptors (Lipinski definition) is 1. The van der Waals surface area contributed by atoms with Crippen molar-refractivity contribution in [3.05, 3.63) is 35.9 Å². The number of benzene rings is 1. The number of alkyl halides is 1. The number of hydrogen-bond donors (Lipinski definition) is 1. The molecular weight excluding hydrogens is 256 g/mol. The van der Waals surface area contributed by atoms with Gasteiger partial charge < -0.3 is 5.11 Å². The van der Waals surface area contributed by atoms with Crippen molar-refractivity contribution in [2.24, 2.45) is 0 Å². The van der Waals surface area contributed by atoms with E-state index in [-0.39, 0.29) is 0 Å². The van der Waals surface area contributed by atoms with Crippen LogP contribution in [0.15, 0.2) is 30.3 Å². The van der Waals surface area contributed by atoms with E-state index < -0.39 is 10.8 Å². The summed E-state index contributed by atoms with van der Waals surface area (Å²) < 4.78 is 0. The fourth-order valence-corrected chi connectivity index (χ4v) is 1.74. The average Bonchev–Trinajstić information content (AvgIpc) is 2.25. The predicted octanol–water partition coefficient (Wildman–Crippen LogP) is 3.25. The SMILES string of the molecule is O=C(O)C(Br)CCCCc1ccccc1. The monoisotopic (exact) mass is 270 g/mol. The largest absolute Gasteiger partial charge is 0.480 e. The van der Waals surface area contributed by atoms with Gasteiger partial charge in [-0.2, -0.15) is 0 Å². The molecule has 1 aromatic rings. The van der Waals surface area contributed by atoms with Crippen molar-refractivity contribution in [3.8, 4) is 0 Å². The van der Waals surface area contributed by atoms with E-state index in [0.29, 0.717) is 6.42 Å². The molecule has 1 atom stereocenters. The first-order chi connectivity index (χ1) is 7.20. The Morgan fingerprint density at radius 2 is 1.93 bits per heavy atom. The number of carbonyl (C=O) groups is 1. The molecule has 0 saturated heterocycles. The maximum atomic E-state index is 10.5. The molecule has 0 aliphatic rings. The maximum absolute atomic E-state index is 10.5. The van der Waals surface area contributed by atoms with Crippen molar-refractivity contribution in [2.75, 3.05) is 0 Å². The van der Waals surface area contributed by atoms with Gasteiger partial charge in [0.05, 0.1) is 0 Å². The Labute approximate surface area is 98.4 Å². The van der Waals surface area contributed by atoms with Crippen LogP contribution in [0.4, 0.5) is 0 Å². The molecule has 0 heterocycles. The minimum Gasteiger partial charge on any atom is -0.480 e. The van der Waals surface area contributed by atoms with Crippen LogP contribution in [-0.2, 0) is 11.2 Å². The number of carboxylic acids is 1. The summed E-state index contributed by atoms with van der Waals surface area (Å²) in [5, 5.41) is 8.65. The van der Waals surface area contributed by atoms with Crippen LogP contribution in [0.1, 0.15) is 24.8 Å². The summed E-state index contributed by atoms with van der Waals surface area (Å²) in [6.07, 6.45) is 3.71. The fraction of sp³-hybridized carbons (Fsp3) is 0.417. The van der Waals surface area contributed by atoms with E-state index in [9.17, 15) is 4.79 Å². The average molecular weight is 271 g/mol. The van der Waals surface area contributed by atoms with E-state index >= 15 is 0 Å². The second kappa shape index (κ2) is 6.62. The van der Waals surface area contributed by atoms with Crippen LogP contribution in [0.2, 0.25) is 0 Å². The highest BCUT2D eigenvalue weighted by atomic mass is 79.9. The summed E-state index contributed by atoms with van der Waals surface area (Å²) in [7, 11) is 0. The van der Waals surface area contributed by atoms with Crippen molar-refractivity contribution in [1.82, 2.24) is 0 Å². The first-order valence-electron chi connectivity index (χ1n) is 5.11. The second-order valence-corrected chi connectivity index (χ2v) is 4.64. The van der Waals surface area contributed by atoms with Crippen LogP contribution in [0, 0.1) is 0 Å². The maximum Gasteiger partial charge on any atom is 0.317 e. The van der Waals surface area contributed by atoms with Gasteiger partial charge in [-0.15, -0.1) is 0 Å². The summed E-state index contributed by atoms with van der Waals surface area (Å²) in [6, 6.07) is 10.3. The standard InChI is InChI=1S/C12H15BrO2/c13-11(12(14)15)9-5-4-8-10-6-2-1-3-7-10/h1-3,6-7,11H,4-5,8-9H2,(H,14,15). The van der Waals surface area contributed by atoms with Gasteiger partial charge in [-0.05, 0) is 24.8 Å². The zero-order valence-electron chi connectivity index (χ0n) is 8.53. The van der Waals surface area contributed by atoms with Gasteiger partial charge in [0, 0.05) is 0 Å². The van der Waals surface area contributed by atoms with Gasteiger partial charge in [-0.3, -0.25) is 4.79 Å². The topological polar surface area (TPSA) is 37.3 Å². The molecule has 0 bridgehead atoms. The Balaban J connectivity index is 2.15. The van der Waals surface area contributed by atoms with E-state index in [0.717, 1.165) is 19.3 Å². The first kappa shape index (κ1) is 12.2. The van der Waals surface area contributed by atoms with Crippen molar-refractivity contribution in [3.63, 3.8) is 0 Å². The summed E-state index contributed by atoms with van der Waals surface area (Å²) in [5.41, 5.74) is 1.32. The molecule has 0 aliphatic heterocycles. The molecule has 0 amide bonds. The number of aryl methyl sites for hydroxylation is 1. The highest BCUT2D eigenvalue weighted by Crippen LogP contribution is 2.12. The van der Waals surface area contributed by atoms with Crippen LogP contribution in [0.25, 0.3) is 0 Å². The van der Waals surface area contributed by atoms with Gasteiger partial charge >= 0.3 is 5.97 Å². The lowest BCUT2D eigenvalue weighted by atomic mass is 10.1. The van der Waals surface area contributed by atoms with Crippen LogP contribution < -0.4 is 0 Å². The molecule has 1 rings (SSSR count). The number of carboxylic acid groups (broad SMARTS) is 1. The van der Waals surface area contributed by atoms with E-state index in [2.05, 4.69) is 28.1 Å². The van der Waals surface area contributed by atoms with Gasteiger partial charge in [-0.1, -0.05) is 52.7 Å². The molecule has 1 aromatic carbocycles. The van der Waals surface area contributed by atoms with E-state index in [1.165, 1.54) is 5.56 Å². The van der Waals surface area contributed by atoms with E-state index in [1.54, 1.807) is 0 Å². The lowest BCUT2D eigenvalue weighted by Gasteiger charge is -2.04. The van der Waals surface area contributed by atoms with Crippen molar-refractivity contribution >= 4 is 21.9 Å². The second-order valence-electron chi connectivity index (χ2n) is 3.54. The molecule has 0 saturated carbocycles. The highest BCUT2D eigenvalue weighted by Gasteiger charge is 2.11. The normalized spacial score (nSPS) is 12.3. The molecule has 0 aromatic heterocycles. The number of rotatable bonds is 6. The van der Waals surface area contributed by atoms with Crippen LogP contribution >= 0.6 is 15.9 Å². The quantitative estimate of drug-likeness (QED) is 0.637. The molecule has 1 N–H and O–H groups in total. The van der Waals surface area contributed by atoms with Crippen molar-refractivity contribution < 1.29 is 9.90 Å². The Bertz CT molecular complexity index is 298. The zero-order valence-corrected chi connectivity index (χ0v) is 10.1. The summed E-state index contributed by atoms with van der Waals surface area (Å²) in [6.45, 7) is 0. The first-order valence-corrected chi connectivity index (χ1v) is 6.02. The number of unbranched alkanes of at least 4 members (excludes halogenated alkanes) is 1. The highest BCUT2D eigenvalue weighted by molar-refractivity contribution is 9.10. The molecule has 15 heavy (non-hydrogen) atoms. The van der Waals surface area contributed by atoms with Gasteiger partial charge in [0.1, 0.15) is 4.83 Å². The molecule has 82 valence electrons. The third-order valence-electron chi connectivity index (χ3n) is 2.28. The Kier molecular flexibility index (Phi) is 5.40. The summed E-state index contributed by atoms with van der Waals surface area (Å²) in [4.78, 5) is 10.1. The summed E-state index contributed by atoms with van der Waals surface area (Å²) in [5.74, 6) is -0.769. The smallest absolute Gasteiger partial charge is 0.317 e. The Morgan fingerprint density at radius 1 is 1.27 bits per heavy atom. The minimum atomic E-state index is -0.769. The Hall–Kier alpha value is -0.830. The molecular formula is C12H15BrO2. The molecule has 2 nitrogen and oxygen atoms in total. The predicted molar refractivity (Wildman–Crippen MR) is 64.3 cm³/mol. The van der Waals surface area contributed by atoms with Gasteiger partial charge in [0.25, 0.3) is 0 Å². The van der Waals surface area contributed by atoms with Gasteiger partial charge in [0.2, 0.25) is 0 Å². The third kappa shape index (κ3) is 4.98. The number of halogens is 1.